The highest BCUT2D eigenvalue weighted by molar-refractivity contribution is 5.50. The van der Waals surface area contributed by atoms with E-state index < -0.39 is 0 Å². The molecule has 1 aliphatic rings. The summed E-state index contributed by atoms with van der Waals surface area (Å²) in [6, 6.07) is 33.0. The molecule has 1 aliphatic heterocycles. The van der Waals surface area contributed by atoms with Crippen LogP contribution in [0.1, 0.15) is 42.4 Å². The Morgan fingerprint density at radius 1 is 0.714 bits per heavy atom. The van der Waals surface area contributed by atoms with E-state index in [4.69, 9.17) is 0 Å². The molecular formula is C26H29NO. The molecule has 2 nitrogen and oxygen atoms in total. The van der Waals surface area contributed by atoms with Crippen molar-refractivity contribution in [2.45, 2.75) is 37.3 Å². The second-order valence-electron chi connectivity index (χ2n) is 7.66. The van der Waals surface area contributed by atoms with Crippen LogP contribution in [-0.2, 0) is 5.54 Å². The summed E-state index contributed by atoms with van der Waals surface area (Å²) in [5, 5.41) is 9.79. The number of aliphatic hydroxyl groups excluding tert-OH is 1. The number of benzene rings is 3. The molecule has 0 bridgehead atoms. The number of rotatable bonds is 6. The molecule has 0 aromatic heterocycles. The van der Waals surface area contributed by atoms with Gasteiger partial charge in [0.1, 0.15) is 0 Å². The second kappa shape index (κ2) is 8.72. The first kappa shape index (κ1) is 18.9. The first-order chi connectivity index (χ1) is 13.9. The Morgan fingerprint density at radius 2 is 1.18 bits per heavy atom. The van der Waals surface area contributed by atoms with Gasteiger partial charge in [-0.15, -0.1) is 0 Å². The molecule has 144 valence electrons. The normalized spacial score (nSPS) is 18.1. The van der Waals surface area contributed by atoms with Crippen molar-refractivity contribution < 1.29 is 5.11 Å². The number of aliphatic hydroxyl groups is 1. The van der Waals surface area contributed by atoms with Crippen LogP contribution in [0.15, 0.2) is 91.0 Å². The van der Waals surface area contributed by atoms with Crippen LogP contribution in [0.4, 0.5) is 0 Å². The number of hydrogen-bond acceptors (Lipinski definition) is 2. The minimum atomic E-state index is -0.357. The Labute approximate surface area is 168 Å². The predicted octanol–water partition coefficient (Wildman–Crippen LogP) is 5.22. The molecule has 1 fully saturated rings. The van der Waals surface area contributed by atoms with Crippen molar-refractivity contribution in [3.05, 3.63) is 108 Å². The molecule has 2 heteroatoms. The highest BCUT2D eigenvalue weighted by Crippen LogP contribution is 2.45. The molecule has 1 saturated heterocycles. The summed E-state index contributed by atoms with van der Waals surface area (Å²) in [5.74, 6) is 0. The van der Waals surface area contributed by atoms with E-state index in [0.717, 1.165) is 19.4 Å². The molecule has 4 rings (SSSR count). The Balaban J connectivity index is 2.01. The van der Waals surface area contributed by atoms with Crippen LogP contribution in [0, 0.1) is 0 Å². The summed E-state index contributed by atoms with van der Waals surface area (Å²) in [5.41, 5.74) is 3.51. The zero-order chi connectivity index (χ0) is 19.2. The average Bonchev–Trinajstić information content (AvgIpc) is 2.78. The molecule has 1 unspecified atom stereocenters. The van der Waals surface area contributed by atoms with E-state index in [-0.39, 0.29) is 12.1 Å². The quantitative estimate of drug-likeness (QED) is 0.601. The number of nitrogens with zero attached hydrogens (tertiary/aromatic N) is 1. The molecule has 0 aliphatic carbocycles. The lowest BCUT2D eigenvalue weighted by Gasteiger charge is -2.51. The summed E-state index contributed by atoms with van der Waals surface area (Å²) in [7, 11) is 0. The number of piperidine rings is 1. The lowest BCUT2D eigenvalue weighted by molar-refractivity contribution is 0.0495. The second-order valence-corrected chi connectivity index (χ2v) is 7.66. The third-order valence-electron chi connectivity index (χ3n) is 6.09. The summed E-state index contributed by atoms with van der Waals surface area (Å²) in [4.78, 5) is 2.66. The van der Waals surface area contributed by atoms with Crippen LogP contribution >= 0.6 is 0 Å². The Morgan fingerprint density at radius 3 is 1.61 bits per heavy atom. The molecule has 1 heterocycles. The lowest BCUT2D eigenvalue weighted by atomic mass is 9.73. The monoisotopic (exact) mass is 371 g/mol. The highest BCUT2D eigenvalue weighted by atomic mass is 16.3. The van der Waals surface area contributed by atoms with Gasteiger partial charge in [-0.2, -0.15) is 0 Å². The van der Waals surface area contributed by atoms with Crippen LogP contribution in [0.2, 0.25) is 0 Å². The Hall–Kier alpha value is -2.42. The molecule has 3 aromatic rings. The summed E-state index contributed by atoms with van der Waals surface area (Å²) < 4.78 is 0. The van der Waals surface area contributed by atoms with Crippen LogP contribution < -0.4 is 0 Å². The molecule has 0 radical (unpaired) electrons. The Bertz CT molecular complexity index is 749. The molecule has 1 N–H and O–H groups in total. The van der Waals surface area contributed by atoms with E-state index in [1.807, 2.05) is 0 Å². The SMILES string of the molecule is OCCC1CCCCN1C(c1ccccc1)(c1ccccc1)c1ccccc1. The van der Waals surface area contributed by atoms with Gasteiger partial charge in [-0.1, -0.05) is 97.4 Å². The van der Waals surface area contributed by atoms with Gasteiger partial charge < -0.3 is 5.11 Å². The fourth-order valence-electron chi connectivity index (χ4n) is 4.93. The van der Waals surface area contributed by atoms with Gasteiger partial charge in [-0.05, 0) is 42.5 Å². The van der Waals surface area contributed by atoms with Gasteiger partial charge in [0, 0.05) is 12.6 Å². The first-order valence-corrected chi connectivity index (χ1v) is 10.4. The van der Waals surface area contributed by atoms with Crippen LogP contribution in [0.25, 0.3) is 0 Å². The highest BCUT2D eigenvalue weighted by Gasteiger charge is 2.45. The van der Waals surface area contributed by atoms with Gasteiger partial charge in [0.05, 0.1) is 5.54 Å². The molecule has 3 aromatic carbocycles. The van der Waals surface area contributed by atoms with Gasteiger partial charge in [0.15, 0.2) is 0 Å². The van der Waals surface area contributed by atoms with Crippen molar-refractivity contribution in [3.8, 4) is 0 Å². The van der Waals surface area contributed by atoms with E-state index >= 15 is 0 Å². The van der Waals surface area contributed by atoms with Gasteiger partial charge in [0.2, 0.25) is 0 Å². The van der Waals surface area contributed by atoms with Crippen molar-refractivity contribution in [3.63, 3.8) is 0 Å². The molecular weight excluding hydrogens is 342 g/mol. The topological polar surface area (TPSA) is 23.5 Å². The van der Waals surface area contributed by atoms with Crippen LogP contribution in [0.5, 0.6) is 0 Å². The fraction of sp³-hybridized carbons (Fsp3) is 0.308. The molecule has 1 atom stereocenters. The lowest BCUT2D eigenvalue weighted by Crippen LogP contribution is -2.55. The van der Waals surface area contributed by atoms with Crippen molar-refractivity contribution >= 4 is 0 Å². The van der Waals surface area contributed by atoms with Crippen molar-refractivity contribution in [2.75, 3.05) is 13.2 Å². The van der Waals surface area contributed by atoms with Crippen LogP contribution in [-0.4, -0.2) is 29.2 Å². The molecule has 0 amide bonds. The maximum Gasteiger partial charge on any atom is 0.0975 e. The van der Waals surface area contributed by atoms with E-state index in [1.54, 1.807) is 0 Å². The number of hydrogen-bond donors (Lipinski definition) is 1. The largest absolute Gasteiger partial charge is 0.396 e. The van der Waals surface area contributed by atoms with Gasteiger partial charge in [-0.3, -0.25) is 4.90 Å². The number of likely N-dealkylation sites (tertiary alicyclic amines) is 1. The molecule has 0 spiro atoms. The van der Waals surface area contributed by atoms with Crippen LogP contribution in [0.3, 0.4) is 0 Å². The van der Waals surface area contributed by atoms with Gasteiger partial charge in [-0.25, -0.2) is 0 Å². The molecule has 0 saturated carbocycles. The first-order valence-electron chi connectivity index (χ1n) is 10.4. The summed E-state index contributed by atoms with van der Waals surface area (Å²) >= 11 is 0. The summed E-state index contributed by atoms with van der Waals surface area (Å²) in [6.45, 7) is 1.26. The fourth-order valence-corrected chi connectivity index (χ4v) is 4.93. The summed E-state index contributed by atoms with van der Waals surface area (Å²) in [6.07, 6.45) is 4.37. The van der Waals surface area contributed by atoms with E-state index in [1.165, 1.54) is 29.5 Å². The van der Waals surface area contributed by atoms with E-state index in [0.29, 0.717) is 6.04 Å². The minimum absolute atomic E-state index is 0.232. The van der Waals surface area contributed by atoms with E-state index in [2.05, 4.69) is 95.9 Å². The van der Waals surface area contributed by atoms with Crippen molar-refractivity contribution in [2.24, 2.45) is 0 Å². The third-order valence-corrected chi connectivity index (χ3v) is 6.09. The maximum atomic E-state index is 9.79. The smallest absolute Gasteiger partial charge is 0.0975 e. The van der Waals surface area contributed by atoms with Gasteiger partial charge in [0.25, 0.3) is 0 Å². The van der Waals surface area contributed by atoms with Gasteiger partial charge >= 0.3 is 0 Å². The van der Waals surface area contributed by atoms with E-state index in [9.17, 15) is 5.11 Å². The zero-order valence-electron chi connectivity index (χ0n) is 16.4. The van der Waals surface area contributed by atoms with Crippen molar-refractivity contribution in [1.29, 1.82) is 0 Å². The average molecular weight is 372 g/mol. The standard InChI is InChI=1S/C26H29NO/c28-21-19-25-18-10-11-20-27(25)26(22-12-4-1-5-13-22,23-14-6-2-7-15-23)24-16-8-3-9-17-24/h1-9,12-17,25,28H,10-11,18-21H2. The zero-order valence-corrected chi connectivity index (χ0v) is 16.4. The van der Waals surface area contributed by atoms with Crippen molar-refractivity contribution in [1.82, 2.24) is 4.90 Å². The predicted molar refractivity (Wildman–Crippen MR) is 115 cm³/mol. The maximum absolute atomic E-state index is 9.79. The third kappa shape index (κ3) is 3.39. The Kier molecular flexibility index (Phi) is 5.90. The minimum Gasteiger partial charge on any atom is -0.396 e. The molecule has 28 heavy (non-hydrogen) atoms.